The van der Waals surface area contributed by atoms with Crippen molar-refractivity contribution in [2.75, 3.05) is 0 Å². The van der Waals surface area contributed by atoms with Crippen LogP contribution in [-0.4, -0.2) is 15.5 Å². The predicted molar refractivity (Wildman–Crippen MR) is 102 cm³/mol. The zero-order valence-electron chi connectivity index (χ0n) is 15.6. The van der Waals surface area contributed by atoms with Crippen molar-refractivity contribution in [2.45, 2.75) is 19.2 Å². The molecule has 30 heavy (non-hydrogen) atoms. The number of fused-ring (bicyclic) bond motifs is 1. The minimum absolute atomic E-state index is 0.0442. The normalized spacial score (nSPS) is 12.3. The second-order valence-corrected chi connectivity index (χ2v) is 6.76. The second kappa shape index (κ2) is 7.12. The quantitative estimate of drug-likeness (QED) is 0.346. The Labute approximate surface area is 168 Å². The third-order valence-corrected chi connectivity index (χ3v) is 4.42. The molecule has 0 aliphatic rings. The SMILES string of the molecule is CC(F)(F)Oc1ccc(-c2ccc3c(-c4ccccc4)nc(C(F)(F)F)n3c2)cc1. The molecule has 3 nitrogen and oxygen atoms in total. The van der Waals surface area contributed by atoms with Crippen molar-refractivity contribution >= 4 is 5.52 Å². The smallest absolute Gasteiger partial charge is 0.433 e. The maximum absolute atomic E-state index is 13.6. The molecule has 4 aromatic rings. The van der Waals surface area contributed by atoms with Crippen LogP contribution in [0.2, 0.25) is 0 Å². The van der Waals surface area contributed by atoms with Gasteiger partial charge in [0.1, 0.15) is 5.75 Å². The molecule has 0 saturated heterocycles. The molecule has 2 heterocycles. The zero-order valence-corrected chi connectivity index (χ0v) is 15.6. The van der Waals surface area contributed by atoms with Gasteiger partial charge in [-0.2, -0.15) is 22.0 Å². The molecule has 0 spiro atoms. The lowest BCUT2D eigenvalue weighted by Crippen LogP contribution is -2.18. The van der Waals surface area contributed by atoms with Crippen molar-refractivity contribution in [3.8, 4) is 28.1 Å². The minimum Gasteiger partial charge on any atom is -0.433 e. The molecule has 0 amide bonds. The van der Waals surface area contributed by atoms with Crippen LogP contribution in [0.4, 0.5) is 22.0 Å². The third kappa shape index (κ3) is 3.98. The Morgan fingerprint density at radius 3 is 2.00 bits per heavy atom. The van der Waals surface area contributed by atoms with Crippen molar-refractivity contribution in [3.63, 3.8) is 0 Å². The molecule has 0 N–H and O–H groups in total. The van der Waals surface area contributed by atoms with Gasteiger partial charge in [0.25, 0.3) is 0 Å². The van der Waals surface area contributed by atoms with Crippen LogP contribution in [0.1, 0.15) is 12.7 Å². The van der Waals surface area contributed by atoms with Gasteiger partial charge in [-0.1, -0.05) is 48.5 Å². The molecule has 2 aromatic heterocycles. The number of nitrogens with zero attached hydrogens (tertiary/aromatic N) is 2. The molecule has 4 rings (SSSR count). The van der Waals surface area contributed by atoms with Crippen LogP contribution < -0.4 is 4.74 Å². The molecule has 0 fully saturated rings. The Bertz CT molecular complexity index is 1180. The number of hydrogen-bond donors (Lipinski definition) is 0. The van der Waals surface area contributed by atoms with E-state index in [9.17, 15) is 22.0 Å². The van der Waals surface area contributed by atoms with E-state index in [4.69, 9.17) is 0 Å². The molecule has 8 heteroatoms. The topological polar surface area (TPSA) is 26.5 Å². The molecule has 154 valence electrons. The molecule has 0 radical (unpaired) electrons. The van der Waals surface area contributed by atoms with Crippen molar-refractivity contribution in [3.05, 3.63) is 78.8 Å². The molecule has 0 atom stereocenters. The highest BCUT2D eigenvalue weighted by Crippen LogP contribution is 2.35. The lowest BCUT2D eigenvalue weighted by molar-refractivity contribution is -0.159. The number of rotatable bonds is 4. The number of alkyl halides is 5. The van der Waals surface area contributed by atoms with Gasteiger partial charge in [-0.15, -0.1) is 0 Å². The first-order chi connectivity index (χ1) is 14.1. The standard InChI is InChI=1S/C22H15F5N2O/c1-21(23,24)30-17-10-7-14(8-11-17)16-9-12-18-19(15-5-3-2-4-6-15)28-20(22(25,26)27)29(18)13-16/h2-13H,1H3. The number of imidazole rings is 1. The molecular formula is C22H15F5N2O. The van der Waals surface area contributed by atoms with Gasteiger partial charge < -0.3 is 4.74 Å². The summed E-state index contributed by atoms with van der Waals surface area (Å²) in [6, 6.07) is 17.5. The van der Waals surface area contributed by atoms with Crippen LogP contribution in [0.15, 0.2) is 72.9 Å². The molecule has 0 bridgehead atoms. The van der Waals surface area contributed by atoms with Crippen LogP contribution >= 0.6 is 0 Å². The maximum atomic E-state index is 13.6. The third-order valence-electron chi connectivity index (χ3n) is 4.42. The Hall–Kier alpha value is -3.42. The van der Waals surface area contributed by atoms with Gasteiger partial charge in [0.2, 0.25) is 5.82 Å². The van der Waals surface area contributed by atoms with Gasteiger partial charge in [0.05, 0.1) is 11.2 Å². The summed E-state index contributed by atoms with van der Waals surface area (Å²) in [5.41, 5.74) is 2.12. The van der Waals surface area contributed by atoms with Gasteiger partial charge in [0, 0.05) is 18.7 Å². The van der Waals surface area contributed by atoms with Crippen molar-refractivity contribution in [2.24, 2.45) is 0 Å². The summed E-state index contributed by atoms with van der Waals surface area (Å²) < 4.78 is 72.3. The summed E-state index contributed by atoms with van der Waals surface area (Å²) in [6.07, 6.45) is -6.65. The van der Waals surface area contributed by atoms with E-state index >= 15 is 0 Å². The van der Waals surface area contributed by atoms with Gasteiger partial charge >= 0.3 is 12.3 Å². The van der Waals surface area contributed by atoms with E-state index in [0.29, 0.717) is 29.1 Å². The van der Waals surface area contributed by atoms with Gasteiger partial charge in [-0.25, -0.2) is 4.98 Å². The molecular weight excluding hydrogens is 403 g/mol. The fraction of sp³-hybridized carbons (Fsp3) is 0.136. The fourth-order valence-corrected chi connectivity index (χ4v) is 3.19. The first-order valence-electron chi connectivity index (χ1n) is 8.94. The monoisotopic (exact) mass is 418 g/mol. The lowest BCUT2D eigenvalue weighted by Gasteiger charge is -2.13. The van der Waals surface area contributed by atoms with E-state index < -0.39 is 18.1 Å². The fourth-order valence-electron chi connectivity index (χ4n) is 3.19. The van der Waals surface area contributed by atoms with Crippen molar-refractivity contribution in [1.29, 1.82) is 0 Å². The average molecular weight is 418 g/mol. The molecule has 2 aromatic carbocycles. The van der Waals surface area contributed by atoms with E-state index in [0.717, 1.165) is 4.40 Å². The highest BCUT2D eigenvalue weighted by Gasteiger charge is 2.37. The van der Waals surface area contributed by atoms with E-state index in [1.165, 1.54) is 30.5 Å². The van der Waals surface area contributed by atoms with Crippen LogP contribution in [0.5, 0.6) is 5.75 Å². The Balaban J connectivity index is 1.80. The van der Waals surface area contributed by atoms with Crippen molar-refractivity contribution in [1.82, 2.24) is 9.38 Å². The summed E-state index contributed by atoms with van der Waals surface area (Å²) in [4.78, 5) is 3.85. The van der Waals surface area contributed by atoms with Gasteiger partial charge in [-0.05, 0) is 29.3 Å². The lowest BCUT2D eigenvalue weighted by atomic mass is 10.1. The predicted octanol–water partition coefficient (Wildman–Crippen LogP) is 6.68. The molecule has 0 aliphatic heterocycles. The first-order valence-corrected chi connectivity index (χ1v) is 8.94. The highest BCUT2D eigenvalue weighted by atomic mass is 19.4. The molecule has 0 unspecified atom stereocenters. The van der Waals surface area contributed by atoms with E-state index in [1.54, 1.807) is 42.5 Å². The van der Waals surface area contributed by atoms with E-state index in [1.807, 2.05) is 0 Å². The van der Waals surface area contributed by atoms with Crippen LogP contribution in [0.3, 0.4) is 0 Å². The van der Waals surface area contributed by atoms with Crippen LogP contribution in [0, 0.1) is 0 Å². The zero-order chi connectivity index (χ0) is 21.5. The second-order valence-electron chi connectivity index (χ2n) is 6.76. The number of benzene rings is 2. The van der Waals surface area contributed by atoms with Gasteiger partial charge in [0.15, 0.2) is 0 Å². The maximum Gasteiger partial charge on any atom is 0.450 e. The number of ether oxygens (including phenoxy) is 1. The highest BCUT2D eigenvalue weighted by molar-refractivity contribution is 5.79. The summed E-state index contributed by atoms with van der Waals surface area (Å²) >= 11 is 0. The Morgan fingerprint density at radius 2 is 1.40 bits per heavy atom. The largest absolute Gasteiger partial charge is 0.450 e. The van der Waals surface area contributed by atoms with Crippen LogP contribution in [-0.2, 0) is 6.18 Å². The molecule has 0 aliphatic carbocycles. The number of aromatic nitrogens is 2. The number of pyridine rings is 1. The minimum atomic E-state index is -4.65. The van der Waals surface area contributed by atoms with Gasteiger partial charge in [-0.3, -0.25) is 4.40 Å². The number of hydrogen-bond acceptors (Lipinski definition) is 2. The summed E-state index contributed by atoms with van der Waals surface area (Å²) in [5.74, 6) is -1.08. The van der Waals surface area contributed by atoms with Crippen LogP contribution in [0.25, 0.3) is 27.9 Å². The summed E-state index contributed by atoms with van der Waals surface area (Å²) in [5, 5.41) is 0. The Morgan fingerprint density at radius 1 is 0.767 bits per heavy atom. The number of halogens is 5. The van der Waals surface area contributed by atoms with E-state index in [2.05, 4.69) is 9.72 Å². The summed E-state index contributed by atoms with van der Waals surface area (Å²) in [7, 11) is 0. The first kappa shape index (κ1) is 19.9. The average Bonchev–Trinajstić information content (AvgIpc) is 3.07. The summed E-state index contributed by atoms with van der Waals surface area (Å²) in [6.45, 7) is 0.622. The molecule has 0 saturated carbocycles. The Kier molecular flexibility index (Phi) is 4.72. The van der Waals surface area contributed by atoms with E-state index in [-0.39, 0.29) is 11.4 Å². The van der Waals surface area contributed by atoms with Crippen molar-refractivity contribution < 1.29 is 26.7 Å².